The molecule has 1 aromatic carbocycles. The van der Waals surface area contributed by atoms with E-state index in [-0.39, 0.29) is 0 Å². The maximum Gasteiger partial charge on any atom is 0.232 e. The summed E-state index contributed by atoms with van der Waals surface area (Å²) in [7, 11) is 0. The molecule has 2 rings (SSSR count). The molecule has 0 aliphatic carbocycles. The van der Waals surface area contributed by atoms with Crippen molar-refractivity contribution >= 4 is 29.4 Å². The van der Waals surface area contributed by atoms with Gasteiger partial charge in [-0.15, -0.1) is 11.8 Å². The van der Waals surface area contributed by atoms with Crippen molar-refractivity contribution in [2.24, 2.45) is 0 Å². The molecular formula is C14H19NOS2. The zero-order valence-corrected chi connectivity index (χ0v) is 12.3. The van der Waals surface area contributed by atoms with Crippen molar-refractivity contribution in [3.8, 4) is 0 Å². The minimum absolute atomic E-state index is 0.299. The van der Waals surface area contributed by atoms with Crippen LogP contribution in [0.4, 0.5) is 0 Å². The van der Waals surface area contributed by atoms with Gasteiger partial charge in [0, 0.05) is 24.1 Å². The van der Waals surface area contributed by atoms with Crippen LogP contribution in [0.25, 0.3) is 0 Å². The number of rotatable bonds is 5. The summed E-state index contributed by atoms with van der Waals surface area (Å²) in [5.41, 5.74) is 1.29. The van der Waals surface area contributed by atoms with E-state index >= 15 is 0 Å². The summed E-state index contributed by atoms with van der Waals surface area (Å²) in [6, 6.07) is 10.3. The Balaban J connectivity index is 1.69. The molecule has 1 atom stereocenters. The van der Waals surface area contributed by atoms with Crippen LogP contribution in [0.2, 0.25) is 0 Å². The van der Waals surface area contributed by atoms with Crippen molar-refractivity contribution in [1.82, 2.24) is 4.90 Å². The highest BCUT2D eigenvalue weighted by Gasteiger charge is 2.24. The lowest BCUT2D eigenvalue weighted by Gasteiger charge is -2.15. The van der Waals surface area contributed by atoms with Crippen LogP contribution >= 0.6 is 23.5 Å². The lowest BCUT2D eigenvalue weighted by molar-refractivity contribution is -0.127. The summed E-state index contributed by atoms with van der Waals surface area (Å²) in [5.74, 6) is 1.83. The first-order chi connectivity index (χ1) is 8.79. The molecule has 0 spiro atoms. The summed E-state index contributed by atoms with van der Waals surface area (Å²) < 4.78 is 0. The first-order valence-electron chi connectivity index (χ1n) is 6.22. The van der Waals surface area contributed by atoms with Gasteiger partial charge in [0.15, 0.2) is 0 Å². The fraction of sp³-hybridized carbons (Fsp3) is 0.500. The number of hydrogen-bond acceptors (Lipinski definition) is 3. The number of amides is 1. The third kappa shape index (κ3) is 3.95. The van der Waals surface area contributed by atoms with Gasteiger partial charge in [0.25, 0.3) is 0 Å². The van der Waals surface area contributed by atoms with E-state index in [4.69, 9.17) is 0 Å². The highest BCUT2D eigenvalue weighted by Crippen LogP contribution is 2.21. The number of carbonyl (C=O) groups excluding carboxylic acids is 1. The molecule has 0 unspecified atom stereocenters. The maximum atomic E-state index is 12.0. The molecule has 0 aromatic heterocycles. The van der Waals surface area contributed by atoms with Gasteiger partial charge in [0.2, 0.25) is 5.91 Å². The SMILES string of the molecule is CS[C@H]1CCN(C(=O)CSCc2ccccc2)C1. The third-order valence-electron chi connectivity index (χ3n) is 3.17. The van der Waals surface area contributed by atoms with Crippen LogP contribution in [0.15, 0.2) is 30.3 Å². The van der Waals surface area contributed by atoms with Crippen LogP contribution in [0.3, 0.4) is 0 Å². The predicted molar refractivity (Wildman–Crippen MR) is 81.1 cm³/mol. The number of carbonyl (C=O) groups is 1. The Morgan fingerprint density at radius 3 is 2.83 bits per heavy atom. The van der Waals surface area contributed by atoms with E-state index in [1.54, 1.807) is 11.8 Å². The number of hydrogen-bond donors (Lipinski definition) is 0. The fourth-order valence-corrected chi connectivity index (χ4v) is 3.63. The summed E-state index contributed by atoms with van der Waals surface area (Å²) in [6.45, 7) is 1.88. The van der Waals surface area contributed by atoms with Crippen LogP contribution < -0.4 is 0 Å². The van der Waals surface area contributed by atoms with Crippen molar-refractivity contribution < 1.29 is 4.79 Å². The van der Waals surface area contributed by atoms with Crippen LogP contribution in [-0.2, 0) is 10.5 Å². The van der Waals surface area contributed by atoms with Crippen molar-refractivity contribution in [3.05, 3.63) is 35.9 Å². The van der Waals surface area contributed by atoms with Gasteiger partial charge in [-0.2, -0.15) is 11.8 Å². The second kappa shape index (κ2) is 7.10. The second-order valence-corrected chi connectivity index (χ2v) is 6.59. The Bertz CT molecular complexity index is 383. The molecule has 0 radical (unpaired) electrons. The van der Waals surface area contributed by atoms with Gasteiger partial charge in [-0.1, -0.05) is 30.3 Å². The second-order valence-electron chi connectivity index (χ2n) is 4.46. The number of likely N-dealkylation sites (tertiary alicyclic amines) is 1. The molecule has 1 fully saturated rings. The first-order valence-corrected chi connectivity index (χ1v) is 8.66. The molecule has 1 amide bonds. The summed E-state index contributed by atoms with van der Waals surface area (Å²) >= 11 is 3.59. The Morgan fingerprint density at radius 1 is 1.39 bits per heavy atom. The number of benzene rings is 1. The van der Waals surface area contributed by atoms with Crippen LogP contribution in [-0.4, -0.2) is 41.2 Å². The van der Waals surface area contributed by atoms with Crippen LogP contribution in [0, 0.1) is 0 Å². The predicted octanol–water partition coefficient (Wildman–Crippen LogP) is 2.88. The molecule has 0 saturated carbocycles. The number of nitrogens with zero attached hydrogens (tertiary/aromatic N) is 1. The minimum Gasteiger partial charge on any atom is -0.341 e. The van der Waals surface area contributed by atoms with Gasteiger partial charge >= 0.3 is 0 Å². The van der Waals surface area contributed by atoms with E-state index in [9.17, 15) is 4.79 Å². The smallest absolute Gasteiger partial charge is 0.232 e. The van der Waals surface area contributed by atoms with Crippen LogP contribution in [0.5, 0.6) is 0 Å². The Morgan fingerprint density at radius 2 is 2.17 bits per heavy atom. The highest BCUT2D eigenvalue weighted by atomic mass is 32.2. The normalized spacial score (nSPS) is 19.2. The van der Waals surface area contributed by atoms with Gasteiger partial charge < -0.3 is 4.90 Å². The standard InChI is InChI=1S/C14H19NOS2/c1-17-13-7-8-15(9-13)14(16)11-18-10-12-5-3-2-4-6-12/h2-6,13H,7-11H2,1H3/t13-/m0/s1. The minimum atomic E-state index is 0.299. The average Bonchev–Trinajstić information content (AvgIpc) is 2.89. The van der Waals surface area contributed by atoms with E-state index in [0.29, 0.717) is 16.9 Å². The lowest BCUT2D eigenvalue weighted by Crippen LogP contribution is -2.30. The summed E-state index contributed by atoms with van der Waals surface area (Å²) in [4.78, 5) is 14.0. The zero-order valence-electron chi connectivity index (χ0n) is 10.7. The maximum absolute atomic E-state index is 12.0. The third-order valence-corrected chi connectivity index (χ3v) is 5.21. The fourth-order valence-electron chi connectivity index (χ4n) is 2.07. The topological polar surface area (TPSA) is 20.3 Å². The average molecular weight is 281 g/mol. The molecule has 1 aliphatic heterocycles. The van der Waals surface area contributed by atoms with Crippen molar-refractivity contribution in [3.63, 3.8) is 0 Å². The largest absolute Gasteiger partial charge is 0.341 e. The molecule has 0 N–H and O–H groups in total. The first kappa shape index (κ1) is 13.8. The van der Waals surface area contributed by atoms with Crippen molar-refractivity contribution in [2.75, 3.05) is 25.1 Å². The molecule has 1 aliphatic rings. The van der Waals surface area contributed by atoms with Crippen molar-refractivity contribution in [1.29, 1.82) is 0 Å². The summed E-state index contributed by atoms with van der Waals surface area (Å²) in [6.07, 6.45) is 3.28. The van der Waals surface area contributed by atoms with Crippen LogP contribution in [0.1, 0.15) is 12.0 Å². The Kier molecular flexibility index (Phi) is 5.45. The van der Waals surface area contributed by atoms with Crippen molar-refractivity contribution in [2.45, 2.75) is 17.4 Å². The lowest BCUT2D eigenvalue weighted by atomic mass is 10.2. The molecule has 18 heavy (non-hydrogen) atoms. The van der Waals surface area contributed by atoms with E-state index in [1.807, 2.05) is 34.9 Å². The quantitative estimate of drug-likeness (QED) is 0.828. The Labute approximate surface area is 118 Å². The van der Waals surface area contributed by atoms with Gasteiger partial charge in [0.05, 0.1) is 5.75 Å². The zero-order chi connectivity index (χ0) is 12.8. The van der Waals surface area contributed by atoms with Gasteiger partial charge in [0.1, 0.15) is 0 Å². The molecule has 1 aromatic rings. The van der Waals surface area contributed by atoms with Gasteiger partial charge in [-0.25, -0.2) is 0 Å². The van der Waals surface area contributed by atoms with Gasteiger partial charge in [-0.3, -0.25) is 4.79 Å². The van der Waals surface area contributed by atoms with E-state index in [1.165, 1.54) is 5.56 Å². The monoisotopic (exact) mass is 281 g/mol. The van der Waals surface area contributed by atoms with E-state index < -0.39 is 0 Å². The van der Waals surface area contributed by atoms with E-state index in [2.05, 4.69) is 18.4 Å². The molecule has 0 bridgehead atoms. The molecule has 2 nitrogen and oxygen atoms in total. The molecular weight excluding hydrogens is 262 g/mol. The molecule has 1 saturated heterocycles. The molecule has 1 heterocycles. The summed E-state index contributed by atoms with van der Waals surface area (Å²) in [5, 5.41) is 0.646. The highest BCUT2D eigenvalue weighted by molar-refractivity contribution is 7.99. The van der Waals surface area contributed by atoms with E-state index in [0.717, 1.165) is 25.3 Å². The molecule has 98 valence electrons. The number of thioether (sulfide) groups is 2. The molecule has 4 heteroatoms. The van der Waals surface area contributed by atoms with Gasteiger partial charge in [-0.05, 0) is 18.2 Å². The Hall–Kier alpha value is -0.610.